The van der Waals surface area contributed by atoms with Gasteiger partial charge in [0.25, 0.3) is 0 Å². The average Bonchev–Trinajstić information content (AvgIpc) is 3.14. The van der Waals surface area contributed by atoms with E-state index in [9.17, 15) is 9.90 Å². The summed E-state index contributed by atoms with van der Waals surface area (Å²) in [5.41, 5.74) is 1.24. The molecule has 1 aliphatic rings. The largest absolute Gasteiger partial charge is 0.481 e. The minimum Gasteiger partial charge on any atom is -0.481 e. The number of benzene rings is 2. The number of aryl methyl sites for hydroxylation is 1. The second-order valence-corrected chi connectivity index (χ2v) is 8.52. The van der Waals surface area contributed by atoms with E-state index < -0.39 is 11.4 Å². The molecule has 1 aliphatic heterocycles. The van der Waals surface area contributed by atoms with Crippen LogP contribution in [0.3, 0.4) is 0 Å². The van der Waals surface area contributed by atoms with E-state index in [0.29, 0.717) is 26.1 Å². The van der Waals surface area contributed by atoms with Crippen molar-refractivity contribution >= 4 is 17.7 Å². The quantitative estimate of drug-likeness (QED) is 0.649. The number of rotatable bonds is 6. The van der Waals surface area contributed by atoms with E-state index in [4.69, 9.17) is 4.74 Å². The zero-order valence-corrected chi connectivity index (χ0v) is 17.2. The van der Waals surface area contributed by atoms with Crippen LogP contribution >= 0.6 is 11.8 Å². The summed E-state index contributed by atoms with van der Waals surface area (Å²) in [5.74, 6) is 0.239. The van der Waals surface area contributed by atoms with Crippen molar-refractivity contribution in [2.24, 2.45) is 0 Å². The molecule has 1 saturated heterocycles. The lowest BCUT2D eigenvalue weighted by Crippen LogP contribution is -2.41. The molecule has 1 N–H and O–H groups in total. The number of nitrogens with zero attached hydrogens (tertiary/aromatic N) is 2. The number of carboxylic acid groups (broad SMARTS) is 1. The molecule has 0 atom stereocenters. The van der Waals surface area contributed by atoms with Gasteiger partial charge in [0.2, 0.25) is 0 Å². The summed E-state index contributed by atoms with van der Waals surface area (Å²) in [5, 5.41) is 9.91. The third kappa shape index (κ3) is 4.23. The standard InChI is InChI=1S/C23H24N2O3S/c1-17-24-11-12-25(17)16-18-5-7-20(8-6-18)29-21-4-2-3-19(15-21)23(22(26)27)9-13-28-14-10-23/h2-8,11-12,15H,9-10,13-14,16H2,1H3,(H,26,27). The molecule has 0 unspecified atom stereocenters. The molecule has 0 spiro atoms. The van der Waals surface area contributed by atoms with Crippen LogP contribution in [0.4, 0.5) is 0 Å². The molecule has 2 aromatic carbocycles. The van der Waals surface area contributed by atoms with E-state index in [2.05, 4.69) is 33.8 Å². The van der Waals surface area contributed by atoms with Gasteiger partial charge in [0, 0.05) is 41.9 Å². The van der Waals surface area contributed by atoms with Gasteiger partial charge < -0.3 is 14.4 Å². The van der Waals surface area contributed by atoms with Gasteiger partial charge in [0.1, 0.15) is 5.82 Å². The van der Waals surface area contributed by atoms with Crippen molar-refractivity contribution in [1.29, 1.82) is 0 Å². The Balaban J connectivity index is 1.50. The van der Waals surface area contributed by atoms with Crippen molar-refractivity contribution in [2.45, 2.75) is 41.5 Å². The fourth-order valence-electron chi connectivity index (χ4n) is 3.77. The second-order valence-electron chi connectivity index (χ2n) is 7.38. The van der Waals surface area contributed by atoms with E-state index in [0.717, 1.165) is 27.7 Å². The van der Waals surface area contributed by atoms with Crippen molar-refractivity contribution < 1.29 is 14.6 Å². The number of hydrogen-bond acceptors (Lipinski definition) is 4. The summed E-state index contributed by atoms with van der Waals surface area (Å²) in [6, 6.07) is 16.4. The lowest BCUT2D eigenvalue weighted by Gasteiger charge is -2.33. The smallest absolute Gasteiger partial charge is 0.314 e. The maximum Gasteiger partial charge on any atom is 0.314 e. The molecule has 0 aliphatic carbocycles. The molecule has 0 radical (unpaired) electrons. The van der Waals surface area contributed by atoms with Gasteiger partial charge in [0.05, 0.1) is 5.41 Å². The minimum absolute atomic E-state index is 0.488. The van der Waals surface area contributed by atoms with E-state index in [1.807, 2.05) is 43.6 Å². The molecule has 0 saturated carbocycles. The van der Waals surface area contributed by atoms with Crippen LogP contribution in [0, 0.1) is 6.92 Å². The van der Waals surface area contributed by atoms with Crippen LogP contribution in [-0.2, 0) is 21.5 Å². The predicted molar refractivity (Wildman–Crippen MR) is 112 cm³/mol. The van der Waals surface area contributed by atoms with Crippen LogP contribution < -0.4 is 0 Å². The first-order valence-corrected chi connectivity index (χ1v) is 10.5. The topological polar surface area (TPSA) is 64.4 Å². The number of ether oxygens (including phenoxy) is 1. The maximum absolute atomic E-state index is 12.1. The van der Waals surface area contributed by atoms with E-state index in [1.165, 1.54) is 5.56 Å². The molecule has 2 heterocycles. The Kier molecular flexibility index (Phi) is 5.74. The molecule has 5 nitrogen and oxygen atoms in total. The summed E-state index contributed by atoms with van der Waals surface area (Å²) < 4.78 is 7.52. The number of carbonyl (C=O) groups is 1. The molecule has 3 aromatic rings. The predicted octanol–water partition coefficient (Wildman–Crippen LogP) is 4.52. The molecule has 1 aromatic heterocycles. The summed E-state index contributed by atoms with van der Waals surface area (Å²) in [6.45, 7) is 3.78. The molecule has 0 amide bonds. The fourth-order valence-corrected chi connectivity index (χ4v) is 4.65. The zero-order chi connectivity index (χ0) is 20.3. The highest BCUT2D eigenvalue weighted by Crippen LogP contribution is 2.38. The highest BCUT2D eigenvalue weighted by atomic mass is 32.2. The molecule has 1 fully saturated rings. The van der Waals surface area contributed by atoms with Crippen LogP contribution in [0.25, 0.3) is 0 Å². The molecule has 4 rings (SSSR count). The maximum atomic E-state index is 12.1. The van der Waals surface area contributed by atoms with Crippen LogP contribution in [0.15, 0.2) is 70.7 Å². The second kappa shape index (κ2) is 8.43. The van der Waals surface area contributed by atoms with Crippen molar-refractivity contribution in [3.63, 3.8) is 0 Å². The highest BCUT2D eigenvalue weighted by Gasteiger charge is 2.41. The first-order valence-electron chi connectivity index (χ1n) is 9.73. The Labute approximate surface area is 174 Å². The Morgan fingerprint density at radius 2 is 1.93 bits per heavy atom. The normalized spacial score (nSPS) is 15.9. The van der Waals surface area contributed by atoms with E-state index >= 15 is 0 Å². The van der Waals surface area contributed by atoms with Crippen LogP contribution in [-0.4, -0.2) is 33.8 Å². The summed E-state index contributed by atoms with van der Waals surface area (Å²) >= 11 is 1.65. The van der Waals surface area contributed by atoms with Crippen molar-refractivity contribution in [3.8, 4) is 0 Å². The fraction of sp³-hybridized carbons (Fsp3) is 0.304. The number of hydrogen-bond donors (Lipinski definition) is 1. The van der Waals surface area contributed by atoms with Gasteiger partial charge >= 0.3 is 5.97 Å². The summed E-state index contributed by atoms with van der Waals surface area (Å²) in [6.07, 6.45) is 4.82. The average molecular weight is 409 g/mol. The number of aromatic nitrogens is 2. The van der Waals surface area contributed by atoms with Gasteiger partial charge in [-0.15, -0.1) is 0 Å². The number of imidazole rings is 1. The molecule has 29 heavy (non-hydrogen) atoms. The monoisotopic (exact) mass is 408 g/mol. The van der Waals surface area contributed by atoms with Gasteiger partial charge in [-0.2, -0.15) is 0 Å². The van der Waals surface area contributed by atoms with Gasteiger partial charge in [0.15, 0.2) is 0 Å². The van der Waals surface area contributed by atoms with Crippen molar-refractivity contribution in [1.82, 2.24) is 9.55 Å². The van der Waals surface area contributed by atoms with Crippen LogP contribution in [0.5, 0.6) is 0 Å². The van der Waals surface area contributed by atoms with Crippen LogP contribution in [0.2, 0.25) is 0 Å². The summed E-state index contributed by atoms with van der Waals surface area (Å²) in [4.78, 5) is 18.5. The van der Waals surface area contributed by atoms with Gasteiger partial charge in [-0.25, -0.2) is 4.98 Å². The lowest BCUT2D eigenvalue weighted by molar-refractivity contribution is -0.147. The molecular formula is C23H24N2O3S. The molecule has 150 valence electrons. The number of aliphatic carboxylic acids is 1. The lowest BCUT2D eigenvalue weighted by atomic mass is 9.74. The Bertz CT molecular complexity index is 991. The molecule has 0 bridgehead atoms. The van der Waals surface area contributed by atoms with Crippen molar-refractivity contribution in [2.75, 3.05) is 13.2 Å². The first-order chi connectivity index (χ1) is 14.1. The molecule has 6 heteroatoms. The highest BCUT2D eigenvalue weighted by molar-refractivity contribution is 7.99. The van der Waals surface area contributed by atoms with Gasteiger partial charge in [-0.1, -0.05) is 36.0 Å². The number of carboxylic acids is 1. The third-order valence-electron chi connectivity index (χ3n) is 5.58. The minimum atomic E-state index is -0.846. The molecular weight excluding hydrogens is 384 g/mol. The Morgan fingerprint density at radius 3 is 2.59 bits per heavy atom. The van der Waals surface area contributed by atoms with Crippen molar-refractivity contribution in [3.05, 3.63) is 77.9 Å². The zero-order valence-electron chi connectivity index (χ0n) is 16.4. The Hall–Kier alpha value is -2.57. The van der Waals surface area contributed by atoms with Crippen LogP contribution in [0.1, 0.15) is 29.8 Å². The van der Waals surface area contributed by atoms with Gasteiger partial charge in [-0.3, -0.25) is 4.79 Å². The first kappa shape index (κ1) is 19.7. The summed E-state index contributed by atoms with van der Waals surface area (Å²) in [7, 11) is 0. The SMILES string of the molecule is Cc1nccn1Cc1ccc(Sc2cccc(C3(C(=O)O)CCOCC3)c2)cc1. The van der Waals surface area contributed by atoms with Gasteiger partial charge in [-0.05, 0) is 55.2 Å². The Morgan fingerprint density at radius 1 is 1.17 bits per heavy atom. The van der Waals surface area contributed by atoms with E-state index in [-0.39, 0.29) is 0 Å². The third-order valence-corrected chi connectivity index (χ3v) is 6.58. The van der Waals surface area contributed by atoms with E-state index in [1.54, 1.807) is 11.8 Å².